The summed E-state index contributed by atoms with van der Waals surface area (Å²) < 4.78 is 0. The predicted octanol–water partition coefficient (Wildman–Crippen LogP) is 5.22. The third-order valence-electron chi connectivity index (χ3n) is 2.90. The Kier molecular flexibility index (Phi) is 6.13. The third kappa shape index (κ3) is 3.54. The van der Waals surface area contributed by atoms with Gasteiger partial charge in [-0.2, -0.15) is 0 Å². The second-order valence-electron chi connectivity index (χ2n) is 4.35. The molecule has 0 aliphatic carbocycles. The number of benzene rings is 2. The quantitative estimate of drug-likeness (QED) is 0.519. The molecule has 0 saturated heterocycles. The van der Waals surface area contributed by atoms with Crippen LogP contribution in [0.3, 0.4) is 0 Å². The summed E-state index contributed by atoms with van der Waals surface area (Å²) in [5.74, 6) is -2.67. The van der Waals surface area contributed by atoms with E-state index in [1.54, 1.807) is 0 Å². The van der Waals surface area contributed by atoms with Crippen LogP contribution in [-0.2, 0) is 0 Å². The zero-order valence-corrected chi connectivity index (χ0v) is 15.8. The zero-order chi connectivity index (χ0) is 18.2. The van der Waals surface area contributed by atoms with Gasteiger partial charge in [0.2, 0.25) is 0 Å². The summed E-state index contributed by atoms with van der Waals surface area (Å²) in [4.78, 5) is 23.8. The molecule has 24 heavy (non-hydrogen) atoms. The van der Waals surface area contributed by atoms with E-state index >= 15 is 0 Å². The van der Waals surface area contributed by atoms with Crippen molar-refractivity contribution in [2.45, 2.75) is 0 Å². The lowest BCUT2D eigenvalue weighted by Crippen LogP contribution is -2.27. The fourth-order valence-corrected chi connectivity index (χ4v) is 3.19. The van der Waals surface area contributed by atoms with Crippen molar-refractivity contribution < 1.29 is 14.7 Å². The van der Waals surface area contributed by atoms with Crippen molar-refractivity contribution in [2.75, 3.05) is 5.32 Å². The highest BCUT2D eigenvalue weighted by atomic mass is 35.5. The summed E-state index contributed by atoms with van der Waals surface area (Å²) in [6.45, 7) is 0. The SMILES string of the molecule is O=C([O-])c1c(Cl)c(Cl)c(Cl)c(Cl)c1C(=O)Nc1cccc(Cl)c1Cl. The van der Waals surface area contributed by atoms with Gasteiger partial charge in [0.25, 0.3) is 5.91 Å². The van der Waals surface area contributed by atoms with Crippen LogP contribution < -0.4 is 10.4 Å². The molecule has 0 aliphatic rings. The summed E-state index contributed by atoms with van der Waals surface area (Å²) in [5.41, 5.74) is -1.06. The van der Waals surface area contributed by atoms with Gasteiger partial charge >= 0.3 is 0 Å². The molecule has 2 rings (SSSR count). The minimum atomic E-state index is -1.75. The molecule has 0 bridgehead atoms. The number of carbonyl (C=O) groups is 2. The van der Waals surface area contributed by atoms with Gasteiger partial charge in [0.05, 0.1) is 47.4 Å². The number of nitrogens with one attached hydrogen (secondary N) is 1. The summed E-state index contributed by atoms with van der Waals surface area (Å²) in [5, 5.41) is 12.6. The highest BCUT2D eigenvalue weighted by molar-refractivity contribution is 6.54. The molecule has 0 aliphatic heterocycles. The van der Waals surface area contributed by atoms with Crippen LogP contribution in [0.5, 0.6) is 0 Å². The van der Waals surface area contributed by atoms with Crippen molar-refractivity contribution >= 4 is 87.2 Å². The van der Waals surface area contributed by atoms with Gasteiger partial charge in [-0.25, -0.2) is 0 Å². The summed E-state index contributed by atoms with van der Waals surface area (Å²) in [6, 6.07) is 4.50. The van der Waals surface area contributed by atoms with Crippen LogP contribution in [0.25, 0.3) is 0 Å². The molecule has 0 fully saturated rings. The second kappa shape index (κ2) is 7.56. The lowest BCUT2D eigenvalue weighted by atomic mass is 10.1. The maximum absolute atomic E-state index is 12.5. The molecule has 2 aromatic rings. The molecule has 10 heteroatoms. The van der Waals surface area contributed by atoms with Crippen LogP contribution in [0.1, 0.15) is 20.7 Å². The highest BCUT2D eigenvalue weighted by Crippen LogP contribution is 2.42. The van der Waals surface area contributed by atoms with Crippen LogP contribution in [-0.4, -0.2) is 11.9 Å². The Hall–Kier alpha value is -0.880. The maximum atomic E-state index is 12.5. The number of hydrogen-bond acceptors (Lipinski definition) is 3. The van der Waals surface area contributed by atoms with Gasteiger partial charge in [0, 0.05) is 5.56 Å². The van der Waals surface area contributed by atoms with Gasteiger partial charge in [0.1, 0.15) is 0 Å². The van der Waals surface area contributed by atoms with Gasteiger partial charge < -0.3 is 15.2 Å². The molecule has 0 aromatic heterocycles. The molecule has 0 atom stereocenters. The van der Waals surface area contributed by atoms with Gasteiger partial charge in [-0.3, -0.25) is 4.79 Å². The Balaban J connectivity index is 2.61. The fourth-order valence-electron chi connectivity index (χ4n) is 1.82. The van der Waals surface area contributed by atoms with Gasteiger partial charge in [-0.1, -0.05) is 75.7 Å². The Bertz CT molecular complexity index is 868. The van der Waals surface area contributed by atoms with Crippen molar-refractivity contribution in [3.05, 3.63) is 59.5 Å². The van der Waals surface area contributed by atoms with E-state index in [2.05, 4.69) is 5.32 Å². The number of carbonyl (C=O) groups excluding carboxylic acids is 2. The Morgan fingerprint density at radius 2 is 1.33 bits per heavy atom. The van der Waals surface area contributed by atoms with E-state index in [0.717, 1.165) is 0 Å². The normalized spacial score (nSPS) is 10.6. The lowest BCUT2D eigenvalue weighted by Gasteiger charge is -2.17. The van der Waals surface area contributed by atoms with E-state index in [1.165, 1.54) is 18.2 Å². The van der Waals surface area contributed by atoms with E-state index in [9.17, 15) is 14.7 Å². The minimum absolute atomic E-state index is 0.0600. The van der Waals surface area contributed by atoms with Gasteiger partial charge in [-0.05, 0) is 12.1 Å². The van der Waals surface area contributed by atoms with Crippen LogP contribution >= 0.6 is 69.6 Å². The van der Waals surface area contributed by atoms with Gasteiger partial charge in [-0.15, -0.1) is 0 Å². The molecule has 1 N–H and O–H groups in total. The average molecular weight is 447 g/mol. The molecule has 0 unspecified atom stereocenters. The topological polar surface area (TPSA) is 69.2 Å². The first kappa shape index (κ1) is 19.4. The number of anilines is 1. The monoisotopic (exact) mass is 444 g/mol. The van der Waals surface area contributed by atoms with Crippen molar-refractivity contribution in [1.82, 2.24) is 0 Å². The number of carboxylic acid groups (broad SMARTS) is 1. The number of carboxylic acids is 1. The van der Waals surface area contributed by atoms with Crippen LogP contribution in [0.2, 0.25) is 30.1 Å². The van der Waals surface area contributed by atoms with Crippen molar-refractivity contribution in [3.8, 4) is 0 Å². The maximum Gasteiger partial charge on any atom is 0.258 e. The average Bonchev–Trinajstić information content (AvgIpc) is 2.52. The first-order valence-corrected chi connectivity index (χ1v) is 8.26. The summed E-state index contributed by atoms with van der Waals surface area (Å²) >= 11 is 35.3. The molecule has 2 aromatic carbocycles. The van der Waals surface area contributed by atoms with Crippen molar-refractivity contribution in [3.63, 3.8) is 0 Å². The van der Waals surface area contributed by atoms with Crippen molar-refractivity contribution in [1.29, 1.82) is 0 Å². The van der Waals surface area contributed by atoms with Gasteiger partial charge in [0.15, 0.2) is 0 Å². The Morgan fingerprint density at radius 1 is 0.792 bits per heavy atom. The first-order valence-electron chi connectivity index (χ1n) is 5.99. The molecule has 1 amide bonds. The third-order valence-corrected chi connectivity index (χ3v) is 5.52. The Morgan fingerprint density at radius 3 is 1.88 bits per heavy atom. The number of aromatic carboxylic acids is 1. The van der Waals surface area contributed by atoms with E-state index in [1.807, 2.05) is 0 Å². The molecule has 0 spiro atoms. The van der Waals surface area contributed by atoms with Crippen LogP contribution in [0, 0.1) is 0 Å². The smallest absolute Gasteiger partial charge is 0.258 e. The standard InChI is InChI=1S/C14H5Cl6NO3/c15-4-2-1-3-5(8(4)16)21-13(22)6-7(14(23)24)10(18)12(20)11(19)9(6)17/h1-3H,(H,21,22)(H,23,24)/p-1. The Labute approximate surface area is 166 Å². The molecule has 4 nitrogen and oxygen atoms in total. The second-order valence-corrected chi connectivity index (χ2v) is 6.65. The summed E-state index contributed by atoms with van der Waals surface area (Å²) in [6.07, 6.45) is 0. The molecular weight excluding hydrogens is 443 g/mol. The van der Waals surface area contributed by atoms with Crippen LogP contribution in [0.4, 0.5) is 5.69 Å². The van der Waals surface area contributed by atoms with E-state index in [0.29, 0.717) is 0 Å². The largest absolute Gasteiger partial charge is 0.545 e. The van der Waals surface area contributed by atoms with Crippen LogP contribution in [0.15, 0.2) is 18.2 Å². The number of amides is 1. The summed E-state index contributed by atoms with van der Waals surface area (Å²) in [7, 11) is 0. The zero-order valence-electron chi connectivity index (χ0n) is 11.2. The molecule has 0 heterocycles. The van der Waals surface area contributed by atoms with Crippen molar-refractivity contribution in [2.24, 2.45) is 0 Å². The number of hydrogen-bond donors (Lipinski definition) is 1. The predicted molar refractivity (Wildman–Crippen MR) is 95.2 cm³/mol. The van der Waals surface area contributed by atoms with E-state index < -0.39 is 28.0 Å². The molecule has 0 radical (unpaired) electrons. The minimum Gasteiger partial charge on any atom is -0.545 e. The molecule has 0 saturated carbocycles. The fraction of sp³-hybridized carbons (Fsp3) is 0. The number of halogens is 6. The molecular formula is C14H4Cl6NO3-. The highest BCUT2D eigenvalue weighted by Gasteiger charge is 2.26. The van der Waals surface area contributed by atoms with E-state index in [4.69, 9.17) is 69.6 Å². The molecule has 126 valence electrons. The first-order chi connectivity index (χ1) is 11.2. The lowest BCUT2D eigenvalue weighted by molar-refractivity contribution is -0.255. The number of rotatable bonds is 3. The van der Waals surface area contributed by atoms with E-state index in [-0.39, 0.29) is 30.8 Å².